The van der Waals surface area contributed by atoms with Gasteiger partial charge in [-0.25, -0.2) is 8.42 Å². The largest absolute Gasteiger partial charge is 0.497 e. The van der Waals surface area contributed by atoms with Crippen LogP contribution in [0.25, 0.3) is 0 Å². The lowest BCUT2D eigenvalue weighted by molar-refractivity contribution is -0.126. The molecule has 3 rings (SSSR count). The number of likely N-dealkylation sites (N-methyl/N-ethyl adjacent to an activating group) is 1. The molecule has 1 fully saturated rings. The van der Waals surface area contributed by atoms with Crippen LogP contribution in [0.1, 0.15) is 43.2 Å². The van der Waals surface area contributed by atoms with Gasteiger partial charge in [0, 0.05) is 24.5 Å². The van der Waals surface area contributed by atoms with Crippen molar-refractivity contribution in [2.45, 2.75) is 43.9 Å². The summed E-state index contributed by atoms with van der Waals surface area (Å²) in [4.78, 5) is 16.4. The summed E-state index contributed by atoms with van der Waals surface area (Å²) in [6.45, 7) is 8.94. The van der Waals surface area contributed by atoms with E-state index in [2.05, 4.69) is 30.1 Å². The van der Waals surface area contributed by atoms with Crippen LogP contribution in [0.4, 0.5) is 0 Å². The number of sulfonamides is 1. The Labute approximate surface area is 201 Å². The molecule has 0 saturated carbocycles. The summed E-state index contributed by atoms with van der Waals surface area (Å²) >= 11 is 1.27. The highest BCUT2D eigenvalue weighted by atomic mass is 32.2. The van der Waals surface area contributed by atoms with Crippen molar-refractivity contribution in [1.82, 2.24) is 14.5 Å². The van der Waals surface area contributed by atoms with Gasteiger partial charge in [-0.3, -0.25) is 9.69 Å². The van der Waals surface area contributed by atoms with Gasteiger partial charge >= 0.3 is 0 Å². The summed E-state index contributed by atoms with van der Waals surface area (Å²) < 4.78 is 33.3. The van der Waals surface area contributed by atoms with Crippen molar-refractivity contribution < 1.29 is 17.9 Å². The molecule has 33 heavy (non-hydrogen) atoms. The van der Waals surface area contributed by atoms with Crippen molar-refractivity contribution in [3.05, 3.63) is 46.8 Å². The van der Waals surface area contributed by atoms with E-state index < -0.39 is 10.0 Å². The summed E-state index contributed by atoms with van der Waals surface area (Å²) in [7, 11) is -1.91. The van der Waals surface area contributed by atoms with Gasteiger partial charge in [-0.1, -0.05) is 26.0 Å². The molecular weight excluding hydrogens is 458 g/mol. The lowest BCUT2D eigenvalue weighted by Crippen LogP contribution is -2.47. The number of rotatable bonds is 10. The van der Waals surface area contributed by atoms with E-state index in [9.17, 15) is 13.2 Å². The Morgan fingerprint density at radius 1 is 1.27 bits per heavy atom. The van der Waals surface area contributed by atoms with E-state index in [0.29, 0.717) is 30.1 Å². The number of benzene rings is 1. The Balaban J connectivity index is 1.69. The first-order chi connectivity index (χ1) is 15.8. The molecule has 182 valence electrons. The number of amides is 1. The molecule has 1 aliphatic heterocycles. The number of methoxy groups -OCH3 is 1. The number of hydrogen-bond acceptors (Lipinski definition) is 6. The lowest BCUT2D eigenvalue weighted by Gasteiger charge is -2.33. The van der Waals surface area contributed by atoms with Crippen molar-refractivity contribution >= 4 is 27.3 Å². The van der Waals surface area contributed by atoms with Crippen molar-refractivity contribution in [2.24, 2.45) is 5.92 Å². The summed E-state index contributed by atoms with van der Waals surface area (Å²) in [6, 6.07) is 11.4. The molecule has 1 aromatic heterocycles. The van der Waals surface area contributed by atoms with E-state index in [1.54, 1.807) is 13.2 Å². The SMILES string of the molecule is CCN(CC)C(CNC(=O)C1CCCN(S(=O)(=O)c2ccc(C)s2)C1)c1cccc(OC)c1. The second-order valence-electron chi connectivity index (χ2n) is 8.33. The molecule has 7 nitrogen and oxygen atoms in total. The first-order valence-electron chi connectivity index (χ1n) is 11.5. The number of nitrogens with one attached hydrogen (secondary N) is 1. The second kappa shape index (κ2) is 11.5. The van der Waals surface area contributed by atoms with Crippen LogP contribution in [0.5, 0.6) is 5.75 Å². The number of piperidine rings is 1. The Kier molecular flexibility index (Phi) is 8.92. The summed E-state index contributed by atoms with van der Waals surface area (Å²) in [5, 5.41) is 3.11. The Bertz CT molecular complexity index is 1030. The third kappa shape index (κ3) is 6.15. The fourth-order valence-corrected chi connectivity index (χ4v) is 7.33. The minimum absolute atomic E-state index is 0.0107. The number of nitrogens with zero attached hydrogens (tertiary/aromatic N) is 2. The van der Waals surface area contributed by atoms with Gasteiger partial charge in [-0.2, -0.15) is 4.31 Å². The van der Waals surface area contributed by atoms with Crippen molar-refractivity contribution in [3.63, 3.8) is 0 Å². The molecule has 0 spiro atoms. The van der Waals surface area contributed by atoms with Gasteiger partial charge in [0.05, 0.1) is 19.1 Å². The van der Waals surface area contributed by atoms with Crippen molar-refractivity contribution in [1.29, 1.82) is 0 Å². The molecule has 1 saturated heterocycles. The molecule has 2 unspecified atom stereocenters. The molecule has 2 aromatic rings. The maximum absolute atomic E-state index is 13.1. The first kappa shape index (κ1) is 25.7. The molecular formula is C24H35N3O4S2. The predicted molar refractivity (Wildman–Crippen MR) is 132 cm³/mol. The molecule has 1 N–H and O–H groups in total. The molecule has 0 bridgehead atoms. The Morgan fingerprint density at radius 3 is 2.67 bits per heavy atom. The van der Waals surface area contributed by atoms with Crippen LogP contribution in [-0.2, 0) is 14.8 Å². The summed E-state index contributed by atoms with van der Waals surface area (Å²) in [6.07, 6.45) is 1.37. The number of carbonyl (C=O) groups is 1. The smallest absolute Gasteiger partial charge is 0.252 e. The molecule has 2 heterocycles. The number of hydrogen-bond donors (Lipinski definition) is 1. The van der Waals surface area contributed by atoms with Gasteiger partial charge in [0.15, 0.2) is 0 Å². The standard InChI is InChI=1S/C24H35N3O4S2/c1-5-26(6-2)22(19-9-7-11-21(15-19)31-4)16-25-24(28)20-10-8-14-27(17-20)33(29,30)23-13-12-18(3)32-23/h7,9,11-13,15,20,22H,5-6,8,10,14,16-17H2,1-4H3,(H,25,28). The fourth-order valence-electron chi connectivity index (χ4n) is 4.37. The highest BCUT2D eigenvalue weighted by molar-refractivity contribution is 7.91. The van der Waals surface area contributed by atoms with Crippen LogP contribution >= 0.6 is 11.3 Å². The van der Waals surface area contributed by atoms with Gasteiger partial charge in [0.25, 0.3) is 10.0 Å². The molecule has 9 heteroatoms. The van der Waals surface area contributed by atoms with Crippen LogP contribution in [0.2, 0.25) is 0 Å². The molecule has 2 atom stereocenters. The Morgan fingerprint density at radius 2 is 2.03 bits per heavy atom. The Hall–Kier alpha value is -1.94. The van der Waals surface area contributed by atoms with E-state index in [-0.39, 0.29) is 24.4 Å². The normalized spacial score (nSPS) is 18.3. The minimum atomic E-state index is -3.56. The maximum Gasteiger partial charge on any atom is 0.252 e. The molecule has 1 aliphatic rings. The molecule has 1 aromatic carbocycles. The first-order valence-corrected chi connectivity index (χ1v) is 13.8. The second-order valence-corrected chi connectivity index (χ2v) is 11.8. The van der Waals surface area contributed by atoms with Crippen LogP contribution in [0.15, 0.2) is 40.6 Å². The lowest BCUT2D eigenvalue weighted by atomic mass is 9.98. The predicted octanol–water partition coefficient (Wildman–Crippen LogP) is 3.67. The van der Waals surface area contributed by atoms with Gasteiger partial charge in [0.2, 0.25) is 5.91 Å². The maximum atomic E-state index is 13.1. The molecule has 0 radical (unpaired) electrons. The monoisotopic (exact) mass is 493 g/mol. The highest BCUT2D eigenvalue weighted by Crippen LogP contribution is 2.29. The number of ether oxygens (including phenoxy) is 1. The van der Waals surface area contributed by atoms with Gasteiger partial charge in [-0.15, -0.1) is 11.3 Å². The van der Waals surface area contributed by atoms with Crippen LogP contribution < -0.4 is 10.1 Å². The van der Waals surface area contributed by atoms with E-state index >= 15 is 0 Å². The van der Waals surface area contributed by atoms with E-state index in [4.69, 9.17) is 4.74 Å². The average Bonchev–Trinajstić information content (AvgIpc) is 3.28. The third-order valence-electron chi connectivity index (χ3n) is 6.27. The number of thiophene rings is 1. The van der Waals surface area contributed by atoms with Crippen LogP contribution in [-0.4, -0.2) is 63.4 Å². The van der Waals surface area contributed by atoms with E-state index in [1.165, 1.54) is 15.6 Å². The quantitative estimate of drug-likeness (QED) is 0.546. The van der Waals surface area contributed by atoms with Gasteiger partial charge < -0.3 is 10.1 Å². The van der Waals surface area contributed by atoms with Gasteiger partial charge in [-0.05, 0) is 62.7 Å². The van der Waals surface area contributed by atoms with Gasteiger partial charge in [0.1, 0.15) is 9.96 Å². The average molecular weight is 494 g/mol. The van der Waals surface area contributed by atoms with Crippen molar-refractivity contribution in [2.75, 3.05) is 39.8 Å². The highest BCUT2D eigenvalue weighted by Gasteiger charge is 2.34. The topological polar surface area (TPSA) is 79.0 Å². The molecule has 0 aliphatic carbocycles. The van der Waals surface area contributed by atoms with Crippen LogP contribution in [0.3, 0.4) is 0 Å². The zero-order valence-electron chi connectivity index (χ0n) is 19.9. The fraction of sp³-hybridized carbons (Fsp3) is 0.542. The van der Waals surface area contributed by atoms with E-state index in [0.717, 1.165) is 29.3 Å². The number of aryl methyl sites for hydroxylation is 1. The minimum Gasteiger partial charge on any atom is -0.497 e. The summed E-state index contributed by atoms with van der Waals surface area (Å²) in [5.41, 5.74) is 1.08. The van der Waals surface area contributed by atoms with Crippen LogP contribution in [0, 0.1) is 12.8 Å². The van der Waals surface area contributed by atoms with E-state index in [1.807, 2.05) is 31.2 Å². The number of carbonyl (C=O) groups excluding carboxylic acids is 1. The zero-order valence-corrected chi connectivity index (χ0v) is 21.5. The summed E-state index contributed by atoms with van der Waals surface area (Å²) in [5.74, 6) is 0.350. The third-order valence-corrected chi connectivity index (χ3v) is 9.60. The molecule has 1 amide bonds. The van der Waals surface area contributed by atoms with Crippen molar-refractivity contribution in [3.8, 4) is 5.75 Å². The zero-order chi connectivity index (χ0) is 24.0.